The van der Waals surface area contributed by atoms with Gasteiger partial charge in [-0.1, -0.05) is 51.2 Å². The minimum absolute atomic E-state index is 0.0770. The summed E-state index contributed by atoms with van der Waals surface area (Å²) in [5, 5.41) is 2.27. The van der Waals surface area contributed by atoms with Crippen molar-refractivity contribution in [1.29, 1.82) is 0 Å². The number of rotatable bonds is 1. The zero-order valence-electron chi connectivity index (χ0n) is 12.3. The van der Waals surface area contributed by atoms with E-state index in [2.05, 4.69) is 47.9 Å². The SMILES string of the molecule is CC(C)(C)c1nc(=S)cc(-c2cccc3ccncc23)[nH]1. The predicted molar refractivity (Wildman–Crippen MR) is 88.9 cm³/mol. The molecule has 0 unspecified atom stereocenters. The number of benzene rings is 1. The fourth-order valence-corrected chi connectivity index (χ4v) is 2.52. The molecule has 2 aromatic heterocycles. The van der Waals surface area contributed by atoms with E-state index in [1.807, 2.05) is 30.6 Å². The van der Waals surface area contributed by atoms with Crippen molar-refractivity contribution in [2.24, 2.45) is 0 Å². The van der Waals surface area contributed by atoms with E-state index in [9.17, 15) is 0 Å². The number of nitrogens with one attached hydrogen (secondary N) is 1. The van der Waals surface area contributed by atoms with E-state index in [1.165, 1.54) is 0 Å². The second-order valence-electron chi connectivity index (χ2n) is 6.13. The van der Waals surface area contributed by atoms with Crippen LogP contribution in [0.5, 0.6) is 0 Å². The average molecular weight is 295 g/mol. The second-order valence-corrected chi connectivity index (χ2v) is 6.55. The molecule has 0 fully saturated rings. The molecule has 0 atom stereocenters. The Morgan fingerprint density at radius 3 is 2.71 bits per heavy atom. The molecule has 4 heteroatoms. The Bertz CT molecular complexity index is 854. The Labute approximate surface area is 129 Å². The highest BCUT2D eigenvalue weighted by atomic mass is 32.1. The number of aromatic amines is 1. The third-order valence-corrected chi connectivity index (χ3v) is 3.64. The molecular formula is C17H17N3S. The Morgan fingerprint density at radius 2 is 1.95 bits per heavy atom. The van der Waals surface area contributed by atoms with Crippen LogP contribution in [-0.4, -0.2) is 15.0 Å². The lowest BCUT2D eigenvalue weighted by molar-refractivity contribution is 0.545. The molecule has 0 saturated carbocycles. The van der Waals surface area contributed by atoms with Crippen LogP contribution < -0.4 is 0 Å². The molecular weight excluding hydrogens is 278 g/mol. The molecule has 0 radical (unpaired) electrons. The predicted octanol–water partition coefficient (Wildman–Crippen LogP) is 4.65. The number of aromatic nitrogens is 3. The van der Waals surface area contributed by atoms with Crippen molar-refractivity contribution in [2.45, 2.75) is 26.2 Å². The van der Waals surface area contributed by atoms with Crippen LogP contribution in [0.4, 0.5) is 0 Å². The number of fused-ring (bicyclic) bond motifs is 1. The van der Waals surface area contributed by atoms with Gasteiger partial charge < -0.3 is 4.98 Å². The summed E-state index contributed by atoms with van der Waals surface area (Å²) in [4.78, 5) is 12.1. The molecule has 1 aromatic carbocycles. The molecule has 0 saturated heterocycles. The number of pyridine rings is 1. The molecule has 0 aliphatic heterocycles. The Kier molecular flexibility index (Phi) is 3.33. The molecule has 3 aromatic rings. The third kappa shape index (κ3) is 2.72. The minimum atomic E-state index is -0.0770. The zero-order valence-corrected chi connectivity index (χ0v) is 13.2. The monoisotopic (exact) mass is 295 g/mol. The summed E-state index contributed by atoms with van der Waals surface area (Å²) < 4.78 is 0.606. The van der Waals surface area contributed by atoms with E-state index in [0.29, 0.717) is 4.64 Å². The van der Waals surface area contributed by atoms with Crippen molar-refractivity contribution >= 4 is 23.0 Å². The minimum Gasteiger partial charge on any atom is -0.343 e. The summed E-state index contributed by atoms with van der Waals surface area (Å²) in [6.45, 7) is 6.36. The van der Waals surface area contributed by atoms with Crippen molar-refractivity contribution in [3.63, 3.8) is 0 Å². The topological polar surface area (TPSA) is 41.6 Å². The summed E-state index contributed by atoms with van der Waals surface area (Å²) in [5.74, 6) is 0.894. The van der Waals surface area contributed by atoms with Gasteiger partial charge in [-0.25, -0.2) is 4.98 Å². The normalized spacial score (nSPS) is 11.8. The fraction of sp³-hybridized carbons (Fsp3) is 0.235. The number of hydrogen-bond acceptors (Lipinski definition) is 3. The highest BCUT2D eigenvalue weighted by Gasteiger charge is 2.17. The summed E-state index contributed by atoms with van der Waals surface area (Å²) in [5.41, 5.74) is 2.00. The van der Waals surface area contributed by atoms with Crippen LogP contribution >= 0.6 is 12.2 Å². The van der Waals surface area contributed by atoms with Gasteiger partial charge in [0.2, 0.25) is 0 Å². The first-order valence-electron chi connectivity index (χ1n) is 6.90. The molecule has 0 aliphatic carbocycles. The number of nitrogens with zero attached hydrogens (tertiary/aromatic N) is 2. The van der Waals surface area contributed by atoms with Crippen LogP contribution in [0.1, 0.15) is 26.6 Å². The molecule has 21 heavy (non-hydrogen) atoms. The Hall–Kier alpha value is -2.07. The highest BCUT2D eigenvalue weighted by Crippen LogP contribution is 2.28. The van der Waals surface area contributed by atoms with Crippen molar-refractivity contribution < 1.29 is 0 Å². The van der Waals surface area contributed by atoms with Gasteiger partial charge >= 0.3 is 0 Å². The molecule has 0 amide bonds. The van der Waals surface area contributed by atoms with E-state index in [4.69, 9.17) is 12.2 Å². The Morgan fingerprint density at radius 1 is 1.14 bits per heavy atom. The molecule has 2 heterocycles. The summed E-state index contributed by atoms with van der Waals surface area (Å²) >= 11 is 5.33. The van der Waals surface area contributed by atoms with Gasteiger partial charge in [-0.15, -0.1) is 0 Å². The molecule has 1 N–H and O–H groups in total. The highest BCUT2D eigenvalue weighted by molar-refractivity contribution is 7.71. The maximum Gasteiger partial charge on any atom is 0.130 e. The quantitative estimate of drug-likeness (QED) is 0.664. The van der Waals surface area contributed by atoms with Crippen LogP contribution in [0.25, 0.3) is 22.0 Å². The summed E-state index contributed by atoms with van der Waals surface area (Å²) in [6.07, 6.45) is 3.69. The van der Waals surface area contributed by atoms with Gasteiger partial charge in [-0.2, -0.15) is 0 Å². The van der Waals surface area contributed by atoms with Crippen LogP contribution in [-0.2, 0) is 5.41 Å². The smallest absolute Gasteiger partial charge is 0.130 e. The van der Waals surface area contributed by atoms with Gasteiger partial charge in [0.15, 0.2) is 0 Å². The van der Waals surface area contributed by atoms with Gasteiger partial charge in [0.1, 0.15) is 10.5 Å². The fourth-order valence-electron chi connectivity index (χ4n) is 2.31. The van der Waals surface area contributed by atoms with Gasteiger partial charge in [-0.05, 0) is 17.5 Å². The van der Waals surface area contributed by atoms with Gasteiger partial charge in [0.25, 0.3) is 0 Å². The van der Waals surface area contributed by atoms with E-state index < -0.39 is 0 Å². The first kappa shape index (κ1) is 13.9. The lowest BCUT2D eigenvalue weighted by atomic mass is 9.95. The van der Waals surface area contributed by atoms with Crippen molar-refractivity contribution in [1.82, 2.24) is 15.0 Å². The molecule has 3 nitrogen and oxygen atoms in total. The maximum absolute atomic E-state index is 5.33. The largest absolute Gasteiger partial charge is 0.343 e. The third-order valence-electron chi connectivity index (χ3n) is 3.43. The standard InChI is InChI=1S/C17H17N3S/c1-17(2,3)16-19-14(9-15(21)20-16)12-6-4-5-11-7-8-18-10-13(11)12/h4-10H,1-3H3,(H,19,20,21). The van der Waals surface area contributed by atoms with E-state index >= 15 is 0 Å². The second kappa shape index (κ2) is 5.04. The lowest BCUT2D eigenvalue weighted by Crippen LogP contribution is -2.16. The first-order valence-corrected chi connectivity index (χ1v) is 7.31. The number of hydrogen-bond donors (Lipinski definition) is 1. The summed E-state index contributed by atoms with van der Waals surface area (Å²) in [6, 6.07) is 10.1. The Balaban J connectivity index is 2.29. The molecule has 0 spiro atoms. The van der Waals surface area contributed by atoms with E-state index in [0.717, 1.165) is 27.9 Å². The van der Waals surface area contributed by atoms with Crippen LogP contribution in [0, 0.1) is 4.64 Å². The molecule has 3 rings (SSSR count). The number of H-pyrrole nitrogens is 1. The lowest BCUT2D eigenvalue weighted by Gasteiger charge is -2.18. The van der Waals surface area contributed by atoms with Crippen LogP contribution in [0.3, 0.4) is 0 Å². The van der Waals surface area contributed by atoms with E-state index in [1.54, 1.807) is 0 Å². The van der Waals surface area contributed by atoms with Crippen molar-refractivity contribution in [2.75, 3.05) is 0 Å². The van der Waals surface area contributed by atoms with Gasteiger partial charge in [0, 0.05) is 28.8 Å². The first-order chi connectivity index (χ1) is 9.95. The van der Waals surface area contributed by atoms with Crippen molar-refractivity contribution in [3.8, 4) is 11.3 Å². The summed E-state index contributed by atoms with van der Waals surface area (Å²) in [7, 11) is 0. The van der Waals surface area contributed by atoms with Crippen molar-refractivity contribution in [3.05, 3.63) is 53.2 Å². The van der Waals surface area contributed by atoms with Crippen LogP contribution in [0.2, 0.25) is 0 Å². The molecule has 0 aliphatic rings. The zero-order chi connectivity index (χ0) is 15.0. The van der Waals surface area contributed by atoms with Gasteiger partial charge in [-0.3, -0.25) is 4.98 Å². The molecule has 106 valence electrons. The maximum atomic E-state index is 5.33. The van der Waals surface area contributed by atoms with Gasteiger partial charge in [0.05, 0.1) is 5.69 Å². The van der Waals surface area contributed by atoms with E-state index in [-0.39, 0.29) is 5.41 Å². The molecule has 0 bridgehead atoms. The van der Waals surface area contributed by atoms with Crippen LogP contribution in [0.15, 0.2) is 42.7 Å². The average Bonchev–Trinajstić information content (AvgIpc) is 2.45.